The Labute approximate surface area is 128 Å². The van der Waals surface area contributed by atoms with Crippen molar-refractivity contribution in [3.8, 4) is 0 Å². The second-order valence-corrected chi connectivity index (χ2v) is 5.80. The molecular formula is C16H19N3O3. The molecule has 2 atom stereocenters. The number of hydrogen-bond acceptors (Lipinski definition) is 3. The highest BCUT2D eigenvalue weighted by atomic mass is 16.5. The second kappa shape index (κ2) is 5.36. The third-order valence-electron chi connectivity index (χ3n) is 4.45. The van der Waals surface area contributed by atoms with Gasteiger partial charge >= 0.3 is 12.0 Å². The van der Waals surface area contributed by atoms with Crippen LogP contribution in [0.4, 0.5) is 10.5 Å². The topological polar surface area (TPSA) is 83.2 Å². The lowest BCUT2D eigenvalue weighted by Gasteiger charge is -2.09. The van der Waals surface area contributed by atoms with Gasteiger partial charge < -0.3 is 20.4 Å². The summed E-state index contributed by atoms with van der Waals surface area (Å²) >= 11 is 0. The van der Waals surface area contributed by atoms with Crippen LogP contribution in [0.5, 0.6) is 0 Å². The number of H-pyrrole nitrogens is 1. The number of anilines is 1. The molecule has 2 amide bonds. The number of rotatable bonds is 3. The van der Waals surface area contributed by atoms with Crippen molar-refractivity contribution >= 4 is 28.6 Å². The van der Waals surface area contributed by atoms with E-state index in [2.05, 4.69) is 29.5 Å². The normalized spacial score (nSPS) is 23.1. The van der Waals surface area contributed by atoms with Gasteiger partial charge in [-0.25, -0.2) is 9.59 Å². The molecule has 1 heterocycles. The number of carbonyl (C=O) groups is 2. The standard InChI is InChI=1S/C16H19N3O3/c1-8-9(2)14(8)19-16(21)18-10-6-12(15(20)22-3)11-4-5-17-13(11)7-10/h4-9,14,17H,1-3H3,(H2,18,19,21)/t8-,9-/m0/s1. The van der Waals surface area contributed by atoms with Crippen molar-refractivity contribution < 1.29 is 14.3 Å². The molecule has 6 nitrogen and oxygen atoms in total. The highest BCUT2D eigenvalue weighted by molar-refractivity contribution is 6.06. The monoisotopic (exact) mass is 301 g/mol. The number of fused-ring (bicyclic) bond motifs is 1. The SMILES string of the molecule is COC(=O)c1cc(NC(=O)NC2[C@@H](C)[C@@H]2C)cc2[nH]ccc12. The summed E-state index contributed by atoms with van der Waals surface area (Å²) in [5.41, 5.74) is 1.74. The molecule has 0 bridgehead atoms. The van der Waals surface area contributed by atoms with E-state index in [0.717, 1.165) is 10.9 Å². The summed E-state index contributed by atoms with van der Waals surface area (Å²) in [6.07, 6.45) is 1.74. The molecule has 1 aromatic heterocycles. The lowest BCUT2D eigenvalue weighted by molar-refractivity contribution is 0.0603. The molecule has 1 aromatic carbocycles. The van der Waals surface area contributed by atoms with Crippen LogP contribution in [0.15, 0.2) is 24.4 Å². The van der Waals surface area contributed by atoms with Crippen molar-refractivity contribution in [2.45, 2.75) is 19.9 Å². The number of aromatic nitrogens is 1. The van der Waals surface area contributed by atoms with E-state index in [1.54, 1.807) is 24.4 Å². The van der Waals surface area contributed by atoms with Gasteiger partial charge in [-0.05, 0) is 30.0 Å². The summed E-state index contributed by atoms with van der Waals surface area (Å²) in [5.74, 6) is 0.572. The lowest BCUT2D eigenvalue weighted by atomic mass is 10.1. The molecule has 1 aliphatic rings. The van der Waals surface area contributed by atoms with Crippen molar-refractivity contribution in [1.82, 2.24) is 10.3 Å². The van der Waals surface area contributed by atoms with Crippen LogP contribution in [0.25, 0.3) is 10.9 Å². The Hall–Kier alpha value is -2.50. The fraction of sp³-hybridized carbons (Fsp3) is 0.375. The van der Waals surface area contributed by atoms with E-state index in [1.165, 1.54) is 7.11 Å². The Bertz CT molecular complexity index is 729. The van der Waals surface area contributed by atoms with Gasteiger partial charge in [0, 0.05) is 28.8 Å². The van der Waals surface area contributed by atoms with Crippen molar-refractivity contribution in [2.75, 3.05) is 12.4 Å². The fourth-order valence-electron chi connectivity index (χ4n) is 2.76. The van der Waals surface area contributed by atoms with Crippen LogP contribution in [0.3, 0.4) is 0 Å². The Balaban J connectivity index is 1.81. The number of urea groups is 1. The highest BCUT2D eigenvalue weighted by Crippen LogP contribution is 2.37. The van der Waals surface area contributed by atoms with Crippen molar-refractivity contribution in [2.24, 2.45) is 11.8 Å². The van der Waals surface area contributed by atoms with Gasteiger partial charge in [-0.1, -0.05) is 13.8 Å². The average molecular weight is 301 g/mol. The van der Waals surface area contributed by atoms with Crippen LogP contribution in [0.1, 0.15) is 24.2 Å². The predicted octanol–water partition coefficient (Wildman–Crippen LogP) is 2.73. The third-order valence-corrected chi connectivity index (χ3v) is 4.45. The van der Waals surface area contributed by atoms with Crippen molar-refractivity contribution in [3.05, 3.63) is 30.0 Å². The van der Waals surface area contributed by atoms with Gasteiger partial charge in [0.2, 0.25) is 0 Å². The van der Waals surface area contributed by atoms with Crippen LogP contribution in [-0.2, 0) is 4.74 Å². The molecule has 0 radical (unpaired) electrons. The molecule has 0 unspecified atom stereocenters. The highest BCUT2D eigenvalue weighted by Gasteiger charge is 2.43. The van der Waals surface area contributed by atoms with Crippen molar-refractivity contribution in [3.63, 3.8) is 0 Å². The van der Waals surface area contributed by atoms with Crippen LogP contribution in [-0.4, -0.2) is 30.1 Å². The zero-order valence-electron chi connectivity index (χ0n) is 12.8. The van der Waals surface area contributed by atoms with E-state index in [9.17, 15) is 9.59 Å². The number of carbonyl (C=O) groups excluding carboxylic acids is 2. The van der Waals surface area contributed by atoms with E-state index >= 15 is 0 Å². The summed E-state index contributed by atoms with van der Waals surface area (Å²) in [5, 5.41) is 6.47. The number of esters is 1. The summed E-state index contributed by atoms with van der Waals surface area (Å²) in [6.45, 7) is 4.21. The second-order valence-electron chi connectivity index (χ2n) is 5.80. The first-order chi connectivity index (χ1) is 10.5. The molecule has 0 aliphatic heterocycles. The minimum absolute atomic E-state index is 0.217. The van der Waals surface area contributed by atoms with Crippen LogP contribution in [0.2, 0.25) is 0 Å². The maximum atomic E-state index is 12.0. The molecule has 2 aromatic rings. The molecule has 1 fully saturated rings. The Morgan fingerprint density at radius 3 is 2.59 bits per heavy atom. The number of benzene rings is 1. The quantitative estimate of drug-likeness (QED) is 0.762. The summed E-state index contributed by atoms with van der Waals surface area (Å²) in [7, 11) is 1.34. The first-order valence-electron chi connectivity index (χ1n) is 7.28. The number of aromatic amines is 1. The Kier molecular flexibility index (Phi) is 3.52. The molecule has 6 heteroatoms. The van der Waals surface area contributed by atoms with Gasteiger partial charge in [0.15, 0.2) is 0 Å². The number of amides is 2. The number of nitrogens with one attached hydrogen (secondary N) is 3. The average Bonchev–Trinajstić information content (AvgIpc) is 2.93. The van der Waals surface area contributed by atoms with E-state index in [-0.39, 0.29) is 12.1 Å². The largest absolute Gasteiger partial charge is 0.465 e. The molecule has 1 saturated carbocycles. The predicted molar refractivity (Wildman–Crippen MR) is 83.9 cm³/mol. The lowest BCUT2D eigenvalue weighted by Crippen LogP contribution is -2.32. The minimum atomic E-state index is -0.432. The molecule has 3 N–H and O–H groups in total. The van der Waals surface area contributed by atoms with E-state index < -0.39 is 5.97 Å². The first-order valence-corrected chi connectivity index (χ1v) is 7.28. The van der Waals surface area contributed by atoms with Gasteiger partial charge in [0.1, 0.15) is 0 Å². The third kappa shape index (κ3) is 2.52. The van der Waals surface area contributed by atoms with Gasteiger partial charge in [-0.15, -0.1) is 0 Å². The van der Waals surface area contributed by atoms with Crippen LogP contribution >= 0.6 is 0 Å². The van der Waals surface area contributed by atoms with Gasteiger partial charge in [-0.3, -0.25) is 0 Å². The molecule has 116 valence electrons. The fourth-order valence-corrected chi connectivity index (χ4v) is 2.76. The van der Waals surface area contributed by atoms with E-state index in [0.29, 0.717) is 23.1 Å². The Morgan fingerprint density at radius 1 is 1.23 bits per heavy atom. The van der Waals surface area contributed by atoms with Crippen LogP contribution < -0.4 is 10.6 Å². The number of ether oxygens (including phenoxy) is 1. The summed E-state index contributed by atoms with van der Waals surface area (Å²) in [6, 6.07) is 5.18. The smallest absolute Gasteiger partial charge is 0.338 e. The van der Waals surface area contributed by atoms with Gasteiger partial charge in [0.05, 0.1) is 12.7 Å². The minimum Gasteiger partial charge on any atom is -0.465 e. The number of hydrogen-bond donors (Lipinski definition) is 3. The maximum absolute atomic E-state index is 12.0. The zero-order valence-corrected chi connectivity index (χ0v) is 12.8. The molecular weight excluding hydrogens is 282 g/mol. The summed E-state index contributed by atoms with van der Waals surface area (Å²) < 4.78 is 4.80. The first kappa shape index (κ1) is 14.4. The van der Waals surface area contributed by atoms with Crippen LogP contribution in [0, 0.1) is 11.8 Å². The Morgan fingerprint density at radius 2 is 1.95 bits per heavy atom. The molecule has 22 heavy (non-hydrogen) atoms. The van der Waals surface area contributed by atoms with Gasteiger partial charge in [0.25, 0.3) is 0 Å². The maximum Gasteiger partial charge on any atom is 0.338 e. The summed E-state index contributed by atoms with van der Waals surface area (Å²) in [4.78, 5) is 26.9. The molecule has 3 rings (SSSR count). The van der Waals surface area contributed by atoms with E-state index in [1.807, 2.05) is 0 Å². The molecule has 0 saturated heterocycles. The van der Waals surface area contributed by atoms with E-state index in [4.69, 9.17) is 4.74 Å². The van der Waals surface area contributed by atoms with Gasteiger partial charge in [-0.2, -0.15) is 0 Å². The molecule has 1 aliphatic carbocycles. The molecule has 0 spiro atoms. The zero-order chi connectivity index (χ0) is 15.9. The number of methoxy groups -OCH3 is 1. The van der Waals surface area contributed by atoms with Crippen molar-refractivity contribution in [1.29, 1.82) is 0 Å².